The van der Waals surface area contributed by atoms with E-state index < -0.39 is 0 Å². The summed E-state index contributed by atoms with van der Waals surface area (Å²) in [5.41, 5.74) is 2.57. The predicted octanol–water partition coefficient (Wildman–Crippen LogP) is 12.8. The molecule has 2 heteroatoms. The first-order valence-electron chi connectivity index (χ1n) is 14.0. The molecule has 0 amide bonds. The van der Waals surface area contributed by atoms with Crippen LogP contribution in [0.4, 0.5) is 0 Å². The zero-order chi connectivity index (χ0) is 28.8. The van der Waals surface area contributed by atoms with E-state index in [0.717, 1.165) is 24.7 Å². The molecule has 0 aliphatic rings. The van der Waals surface area contributed by atoms with Crippen molar-refractivity contribution in [2.45, 2.75) is 124 Å². The largest absolute Gasteiger partial charge is 3.00 e. The molecule has 0 bridgehead atoms. The van der Waals surface area contributed by atoms with E-state index in [1.807, 2.05) is 76.9 Å². The summed E-state index contributed by atoms with van der Waals surface area (Å²) in [6.45, 7) is 33.2. The maximum atomic E-state index is 3.88. The summed E-state index contributed by atoms with van der Waals surface area (Å²) < 4.78 is 0. The third-order valence-corrected chi connectivity index (χ3v) is 4.06. The van der Waals surface area contributed by atoms with E-state index in [9.17, 15) is 0 Å². The number of benzene rings is 2. The van der Waals surface area contributed by atoms with Crippen molar-refractivity contribution in [1.29, 1.82) is 0 Å². The summed E-state index contributed by atoms with van der Waals surface area (Å²) >= 11 is 0. The summed E-state index contributed by atoms with van der Waals surface area (Å²) in [4.78, 5) is 0. The van der Waals surface area contributed by atoms with Crippen molar-refractivity contribution in [2.24, 2.45) is 23.7 Å². The molecule has 0 N–H and O–H groups in total. The number of hydrogen-bond donors (Lipinski definition) is 0. The molecule has 0 aliphatic carbocycles. The van der Waals surface area contributed by atoms with Gasteiger partial charge in [0.25, 0.3) is 0 Å². The van der Waals surface area contributed by atoms with Crippen LogP contribution in [0.5, 0.6) is 0 Å². The summed E-state index contributed by atoms with van der Waals surface area (Å²) in [5.74, 6) is 2.88. The van der Waals surface area contributed by atoms with Gasteiger partial charge in [0.05, 0.1) is 0 Å². The quantitative estimate of drug-likeness (QED) is 0.263. The van der Waals surface area contributed by atoms with Crippen LogP contribution >= 0.6 is 0 Å². The molecular weight excluding hydrogens is 634 g/mol. The van der Waals surface area contributed by atoms with Gasteiger partial charge in [0, 0.05) is 0 Å². The van der Waals surface area contributed by atoms with E-state index >= 15 is 0 Å². The minimum absolute atomic E-state index is 0. The molecule has 40 heavy (non-hydrogen) atoms. The standard InChI is InChI=1S/2C8H9.2C7H15.2C3H7.2CH4.2Y/c2*1-2-8-6-4-3-5-7-8;2*1-6(2)5-7(3)4;2*1-3-2;;;;/h2*3-6H,2H2,1H3;2*6-7H,1,5H2,2-4H3;2*3H,1-2H3;2*1H4;;/q6*-1;;;2*+3. The Morgan fingerprint density at radius 2 is 0.850 bits per heavy atom. The van der Waals surface area contributed by atoms with Gasteiger partial charge in [-0.25, -0.2) is 0 Å². The van der Waals surface area contributed by atoms with Crippen LogP contribution in [0.2, 0.25) is 0 Å². The third kappa shape index (κ3) is 66.7. The molecule has 2 unspecified atom stereocenters. The first kappa shape index (κ1) is 59.9. The van der Waals surface area contributed by atoms with Gasteiger partial charge in [-0.2, -0.15) is 111 Å². The van der Waals surface area contributed by atoms with Gasteiger partial charge in [0.1, 0.15) is 0 Å². The van der Waals surface area contributed by atoms with Gasteiger partial charge in [0.2, 0.25) is 0 Å². The Kier molecular flexibility index (Phi) is 73.9. The Balaban J connectivity index is -0.0000000518. The van der Waals surface area contributed by atoms with Gasteiger partial charge in [-0.05, 0) is 11.8 Å². The van der Waals surface area contributed by atoms with Gasteiger partial charge in [0.15, 0.2) is 0 Å². The molecule has 0 aromatic heterocycles. The van der Waals surface area contributed by atoms with Crippen LogP contribution in [0.3, 0.4) is 0 Å². The van der Waals surface area contributed by atoms with Crippen LogP contribution in [-0.2, 0) is 78.3 Å². The smallest absolute Gasteiger partial charge is 0.341 e. The van der Waals surface area contributed by atoms with E-state index in [1.165, 1.54) is 24.0 Å². The topological polar surface area (TPSA) is 0 Å². The van der Waals surface area contributed by atoms with Crippen LogP contribution in [0.1, 0.15) is 122 Å². The van der Waals surface area contributed by atoms with Crippen LogP contribution in [0, 0.1) is 62.5 Å². The van der Waals surface area contributed by atoms with Crippen molar-refractivity contribution in [3.05, 3.63) is 98.5 Å². The van der Waals surface area contributed by atoms with Gasteiger partial charge < -0.3 is 26.7 Å². The van der Waals surface area contributed by atoms with Gasteiger partial charge in [-0.3, -0.25) is 0 Å². The van der Waals surface area contributed by atoms with E-state index in [4.69, 9.17) is 0 Å². The number of hydrogen-bond acceptors (Lipinski definition) is 0. The maximum absolute atomic E-state index is 3.88. The van der Waals surface area contributed by atoms with E-state index in [0.29, 0.717) is 11.8 Å². The summed E-state index contributed by atoms with van der Waals surface area (Å²) in [6.07, 6.45) is 8.67. The van der Waals surface area contributed by atoms with Crippen molar-refractivity contribution < 1.29 is 65.4 Å². The molecule has 0 aliphatic heterocycles. The molecule has 0 fully saturated rings. The Bertz CT molecular complexity index is 522. The molecule has 228 valence electrons. The monoisotopic (exact) mass is 704 g/mol. The Morgan fingerprint density at radius 1 is 0.600 bits per heavy atom. The van der Waals surface area contributed by atoms with E-state index in [-0.39, 0.29) is 80.3 Å². The van der Waals surface area contributed by atoms with Crippen molar-refractivity contribution in [3.63, 3.8) is 0 Å². The average molecular weight is 705 g/mol. The number of rotatable bonds is 6. The molecule has 2 rings (SSSR count). The molecule has 2 atom stereocenters. The minimum atomic E-state index is 0. The van der Waals surface area contributed by atoms with Crippen LogP contribution in [0.15, 0.2) is 48.5 Å². The van der Waals surface area contributed by atoms with Crippen LogP contribution in [-0.4, -0.2) is 0 Å². The van der Waals surface area contributed by atoms with E-state index in [2.05, 4.69) is 93.5 Å². The fraction of sp³-hybridized carbons (Fsp3) is 0.579. The van der Waals surface area contributed by atoms with Crippen LogP contribution in [0.25, 0.3) is 0 Å². The molecule has 0 spiro atoms. The molecule has 0 nitrogen and oxygen atoms in total. The number of aryl methyl sites for hydroxylation is 2. The van der Waals surface area contributed by atoms with Gasteiger partial charge in [-0.15, -0.1) is 0 Å². The normalized spacial score (nSPS) is 9.80. The van der Waals surface area contributed by atoms with Gasteiger partial charge in [-0.1, -0.05) is 95.9 Å². The molecule has 0 saturated carbocycles. The molecular formula is C38H70Y2. The maximum Gasteiger partial charge on any atom is 3.00 e. The first-order valence-corrected chi connectivity index (χ1v) is 14.0. The van der Waals surface area contributed by atoms with Gasteiger partial charge >= 0.3 is 65.4 Å². The minimum Gasteiger partial charge on any atom is -0.341 e. The second-order valence-electron chi connectivity index (χ2n) is 10.1. The third-order valence-electron chi connectivity index (χ3n) is 4.06. The Morgan fingerprint density at radius 3 is 0.925 bits per heavy atom. The summed E-state index contributed by atoms with van der Waals surface area (Å²) in [7, 11) is 0. The average Bonchev–Trinajstić information content (AvgIpc) is 2.81. The van der Waals surface area contributed by atoms with E-state index in [1.54, 1.807) is 0 Å². The molecule has 0 heterocycles. The molecule has 2 aromatic rings. The van der Waals surface area contributed by atoms with Crippen molar-refractivity contribution >= 4 is 0 Å². The van der Waals surface area contributed by atoms with Crippen molar-refractivity contribution in [3.8, 4) is 0 Å². The van der Waals surface area contributed by atoms with Crippen molar-refractivity contribution in [2.75, 3.05) is 0 Å². The fourth-order valence-electron chi connectivity index (χ4n) is 2.91. The summed E-state index contributed by atoms with van der Waals surface area (Å²) in [5, 5.41) is 0. The molecule has 2 aromatic carbocycles. The Labute approximate surface area is 308 Å². The van der Waals surface area contributed by atoms with Crippen LogP contribution < -0.4 is 0 Å². The zero-order valence-electron chi connectivity index (χ0n) is 27.5. The molecule has 0 radical (unpaired) electrons. The predicted molar refractivity (Wildman–Crippen MR) is 182 cm³/mol. The second kappa shape index (κ2) is 49.3. The second-order valence-corrected chi connectivity index (χ2v) is 10.1. The summed E-state index contributed by atoms with van der Waals surface area (Å²) in [6, 6.07) is 22.3. The first-order chi connectivity index (χ1) is 16.9. The zero-order valence-corrected chi connectivity index (χ0v) is 33.2. The SMILES string of the molecule is C.C.CCc1[c-]cccc1.CCc1[c-]cccc1.C[CH-]C.C[CH-]C.[CH2-]C(C)CC(C)C.[CH2-]C(C)CC(C)C.[Y+3].[Y+3]. The fourth-order valence-corrected chi connectivity index (χ4v) is 2.91. The molecule has 0 saturated heterocycles. The van der Waals surface area contributed by atoms with Crippen molar-refractivity contribution in [1.82, 2.24) is 0 Å². The Hall–Kier alpha value is 0.648.